The van der Waals surface area contributed by atoms with Gasteiger partial charge in [0.2, 0.25) is 0 Å². The van der Waals surface area contributed by atoms with Crippen molar-refractivity contribution in [3.63, 3.8) is 0 Å². The molecule has 0 bridgehead atoms. The smallest absolute Gasteiger partial charge is 0.335 e. The first-order valence-corrected chi connectivity index (χ1v) is 15.1. The number of terminal acetylenes is 1. The van der Waals surface area contributed by atoms with Gasteiger partial charge in [0.25, 0.3) is 11.8 Å². The van der Waals surface area contributed by atoms with Crippen molar-refractivity contribution in [2.24, 2.45) is 0 Å². The van der Waals surface area contributed by atoms with E-state index in [9.17, 15) is 14.4 Å². The Morgan fingerprint density at radius 3 is 2.00 bits per heavy atom. The third kappa shape index (κ3) is 5.15. The van der Waals surface area contributed by atoms with Crippen molar-refractivity contribution in [3.05, 3.63) is 130 Å². The molecule has 7 nitrogen and oxygen atoms in total. The van der Waals surface area contributed by atoms with Crippen molar-refractivity contribution < 1.29 is 19.1 Å². The van der Waals surface area contributed by atoms with Crippen LogP contribution in [0.25, 0.3) is 6.08 Å². The van der Waals surface area contributed by atoms with Gasteiger partial charge in [-0.15, -0.1) is 6.42 Å². The molecule has 3 aliphatic rings. The average Bonchev–Trinajstić information content (AvgIpc) is 3.07. The molecule has 0 radical (unpaired) electrons. The van der Waals surface area contributed by atoms with Gasteiger partial charge in [0.05, 0.1) is 5.69 Å². The molecule has 0 saturated carbocycles. The van der Waals surface area contributed by atoms with Crippen molar-refractivity contribution in [3.8, 4) is 18.1 Å². The number of carbonyl (C=O) groups excluding carboxylic acids is 3. The quantitative estimate of drug-likeness (QED) is 0.163. The molecule has 7 heteroatoms. The number of urea groups is 1. The lowest BCUT2D eigenvalue weighted by Gasteiger charge is -2.44. The molecule has 1 N–H and O–H groups in total. The van der Waals surface area contributed by atoms with Crippen LogP contribution in [-0.4, -0.2) is 37.5 Å². The summed E-state index contributed by atoms with van der Waals surface area (Å²) in [4.78, 5) is 44.2. The summed E-state index contributed by atoms with van der Waals surface area (Å²) in [6.45, 7) is 1.88. The highest BCUT2D eigenvalue weighted by Gasteiger charge is 2.40. The van der Waals surface area contributed by atoms with E-state index in [1.807, 2.05) is 48.5 Å². The van der Waals surface area contributed by atoms with E-state index in [0.717, 1.165) is 42.0 Å². The first-order chi connectivity index (χ1) is 22.0. The summed E-state index contributed by atoms with van der Waals surface area (Å²) >= 11 is 0. The number of barbiturate groups is 1. The number of rotatable bonds is 6. The van der Waals surface area contributed by atoms with Gasteiger partial charge in [-0.2, -0.15) is 0 Å². The topological polar surface area (TPSA) is 79.0 Å². The Morgan fingerprint density at radius 2 is 1.40 bits per heavy atom. The van der Waals surface area contributed by atoms with Crippen LogP contribution in [0.5, 0.6) is 5.75 Å². The molecule has 0 aromatic heterocycles. The van der Waals surface area contributed by atoms with E-state index in [4.69, 9.17) is 11.2 Å². The number of amides is 4. The van der Waals surface area contributed by atoms with Gasteiger partial charge in [-0.05, 0) is 59.4 Å². The predicted molar refractivity (Wildman–Crippen MR) is 174 cm³/mol. The molecule has 3 heterocycles. The van der Waals surface area contributed by atoms with Crippen molar-refractivity contribution in [1.29, 1.82) is 0 Å². The van der Waals surface area contributed by atoms with Crippen LogP contribution in [0.15, 0.2) is 103 Å². The molecular formula is C38H31N3O4. The lowest BCUT2D eigenvalue weighted by Crippen LogP contribution is -2.54. The number of ether oxygens (including phenoxy) is 1. The zero-order chi connectivity index (χ0) is 30.9. The fraction of sp³-hybridized carbons (Fsp3) is 0.184. The number of benzene rings is 4. The van der Waals surface area contributed by atoms with Crippen LogP contribution in [-0.2, 0) is 9.59 Å². The van der Waals surface area contributed by atoms with Crippen LogP contribution in [0.2, 0.25) is 0 Å². The maximum absolute atomic E-state index is 14.1. The summed E-state index contributed by atoms with van der Waals surface area (Å²) in [5, 5.41) is 2.39. The van der Waals surface area contributed by atoms with Crippen molar-refractivity contribution >= 4 is 35.3 Å². The molecule has 4 aromatic rings. The second kappa shape index (κ2) is 11.8. The summed E-state index contributed by atoms with van der Waals surface area (Å²) < 4.78 is 5.64. The fourth-order valence-corrected chi connectivity index (χ4v) is 6.87. The Balaban J connectivity index is 1.37. The molecule has 1 saturated heterocycles. The number of para-hydroxylation sites is 1. The van der Waals surface area contributed by atoms with Crippen molar-refractivity contribution in [2.45, 2.75) is 24.7 Å². The first-order valence-electron chi connectivity index (χ1n) is 15.1. The lowest BCUT2D eigenvalue weighted by molar-refractivity contribution is -0.122. The second-order valence-corrected chi connectivity index (χ2v) is 11.5. The van der Waals surface area contributed by atoms with E-state index in [-0.39, 0.29) is 24.0 Å². The number of hydrogen-bond acceptors (Lipinski definition) is 5. The zero-order valence-electron chi connectivity index (χ0n) is 24.6. The number of imide groups is 2. The average molecular weight is 594 g/mol. The van der Waals surface area contributed by atoms with Gasteiger partial charge >= 0.3 is 6.03 Å². The molecule has 0 spiro atoms. The fourth-order valence-electron chi connectivity index (χ4n) is 6.87. The molecule has 222 valence electrons. The van der Waals surface area contributed by atoms with Gasteiger partial charge < -0.3 is 9.64 Å². The van der Waals surface area contributed by atoms with Crippen LogP contribution in [0.3, 0.4) is 0 Å². The Morgan fingerprint density at radius 1 is 0.822 bits per heavy atom. The lowest BCUT2D eigenvalue weighted by atomic mass is 9.76. The van der Waals surface area contributed by atoms with E-state index >= 15 is 0 Å². The van der Waals surface area contributed by atoms with Gasteiger partial charge in [0.15, 0.2) is 0 Å². The summed E-state index contributed by atoms with van der Waals surface area (Å²) in [7, 11) is 0. The highest BCUT2D eigenvalue weighted by Crippen LogP contribution is 2.50. The molecule has 45 heavy (non-hydrogen) atoms. The van der Waals surface area contributed by atoms with Gasteiger partial charge in [-0.25, -0.2) is 9.69 Å². The van der Waals surface area contributed by atoms with Crippen LogP contribution in [0.1, 0.15) is 52.5 Å². The van der Waals surface area contributed by atoms with Crippen LogP contribution >= 0.6 is 0 Å². The highest BCUT2D eigenvalue weighted by atomic mass is 16.5. The van der Waals surface area contributed by atoms with E-state index in [1.165, 1.54) is 22.9 Å². The minimum atomic E-state index is -0.776. The summed E-state index contributed by atoms with van der Waals surface area (Å²) in [6.07, 6.45) is 8.65. The standard InChI is InChI=1S/C38H31N3O4/c1-2-21-45-34-16-10-9-15-27(34)22-33-36(42)39-38(44)41(37(33)43)28-23-31-29(25-11-5-3-6-12-25)17-19-40-20-18-30(32(24-28)35(31)40)26-13-7-4-8-14-26/h1,3-16,22-24,29-30H,17-21H2,(H,39,42,44)/b33-22+/t29-,30-/m0/s1. The maximum atomic E-state index is 14.1. The SMILES string of the molecule is C#CCOc1ccccc1/C=C1\C(=O)NC(=O)N(c2cc3c4c(c2)[C@H](c2ccccc2)CCN4CC[C@H]3c2ccccc2)C1=O. The minimum absolute atomic E-state index is 0.0328. The number of anilines is 2. The third-order valence-electron chi connectivity index (χ3n) is 8.89. The summed E-state index contributed by atoms with van der Waals surface area (Å²) in [6, 6.07) is 30.9. The van der Waals surface area contributed by atoms with Gasteiger partial charge in [0, 0.05) is 36.2 Å². The number of hydrogen-bond donors (Lipinski definition) is 1. The van der Waals surface area contributed by atoms with Crippen LogP contribution in [0, 0.1) is 12.3 Å². The Bertz CT molecular complexity index is 1800. The Hall–Kier alpha value is -5.61. The van der Waals surface area contributed by atoms with Gasteiger partial charge in [0.1, 0.15) is 17.9 Å². The molecule has 2 atom stereocenters. The maximum Gasteiger partial charge on any atom is 0.335 e. The van der Waals surface area contributed by atoms with Crippen molar-refractivity contribution in [2.75, 3.05) is 29.5 Å². The number of nitrogens with one attached hydrogen (secondary N) is 1. The molecule has 4 amide bonds. The third-order valence-corrected chi connectivity index (χ3v) is 8.89. The normalized spacial score (nSPS) is 20.0. The van der Waals surface area contributed by atoms with E-state index in [1.54, 1.807) is 24.3 Å². The van der Waals surface area contributed by atoms with Crippen LogP contribution < -0.4 is 19.9 Å². The van der Waals surface area contributed by atoms with E-state index < -0.39 is 17.8 Å². The molecule has 7 rings (SSSR count). The second-order valence-electron chi connectivity index (χ2n) is 11.5. The predicted octanol–water partition coefficient (Wildman–Crippen LogP) is 6.24. The molecule has 3 aliphatic heterocycles. The molecule has 4 aromatic carbocycles. The van der Waals surface area contributed by atoms with E-state index in [2.05, 4.69) is 40.4 Å². The molecule has 1 fully saturated rings. The van der Waals surface area contributed by atoms with Gasteiger partial charge in [-0.1, -0.05) is 84.8 Å². The largest absolute Gasteiger partial charge is 0.480 e. The minimum Gasteiger partial charge on any atom is -0.480 e. The van der Waals surface area contributed by atoms with E-state index in [0.29, 0.717) is 17.0 Å². The Labute approximate surface area is 262 Å². The van der Waals surface area contributed by atoms with Crippen LogP contribution in [0.4, 0.5) is 16.2 Å². The highest BCUT2D eigenvalue weighted by molar-refractivity contribution is 6.39. The zero-order valence-corrected chi connectivity index (χ0v) is 24.6. The summed E-state index contributed by atoms with van der Waals surface area (Å²) in [5.74, 6) is 1.58. The van der Waals surface area contributed by atoms with Crippen molar-refractivity contribution in [1.82, 2.24) is 5.32 Å². The molecule has 0 unspecified atom stereocenters. The summed E-state index contributed by atoms with van der Waals surface area (Å²) in [5.41, 5.74) is 6.48. The van der Waals surface area contributed by atoms with Gasteiger partial charge in [-0.3, -0.25) is 14.9 Å². The monoisotopic (exact) mass is 593 g/mol. The Kier molecular flexibility index (Phi) is 7.40. The number of carbonyl (C=O) groups is 3. The molecule has 0 aliphatic carbocycles. The number of nitrogens with zero attached hydrogens (tertiary/aromatic N) is 2. The first kappa shape index (κ1) is 28.2. The molecular weight excluding hydrogens is 562 g/mol.